The molecule has 0 amide bonds. The maximum absolute atomic E-state index is 4.93. The first-order chi connectivity index (χ1) is 12.2. The van der Waals surface area contributed by atoms with Crippen molar-refractivity contribution in [1.82, 2.24) is 4.98 Å². The minimum Gasteiger partial charge on any atom is -0.248 e. The summed E-state index contributed by atoms with van der Waals surface area (Å²) in [6.45, 7) is 6.22. The molecule has 0 unspecified atom stereocenters. The molecule has 0 aliphatic carbocycles. The highest BCUT2D eigenvalue weighted by Gasteiger charge is 2.08. The number of rotatable bonds is 4. The number of hydrogen-bond donors (Lipinski definition) is 0. The van der Waals surface area contributed by atoms with E-state index >= 15 is 0 Å². The van der Waals surface area contributed by atoms with E-state index in [0.717, 1.165) is 22.5 Å². The van der Waals surface area contributed by atoms with Crippen LogP contribution in [-0.2, 0) is 0 Å². The second-order valence-electron chi connectivity index (χ2n) is 6.10. The number of nitrogens with zero attached hydrogens (tertiary/aromatic N) is 1. The lowest BCUT2D eigenvalue weighted by molar-refractivity contribution is 1.31. The first kappa shape index (κ1) is 16.9. The highest BCUT2D eigenvalue weighted by atomic mass is 14.7. The monoisotopic (exact) mass is 325 g/mol. The van der Waals surface area contributed by atoms with Crippen LogP contribution in [0.4, 0.5) is 0 Å². The average molecular weight is 325 g/mol. The largest absolute Gasteiger partial charge is 0.248 e. The van der Waals surface area contributed by atoms with Crippen LogP contribution >= 0.6 is 0 Å². The van der Waals surface area contributed by atoms with E-state index in [0.29, 0.717) is 0 Å². The molecular formula is C24H23N. The molecule has 0 saturated carbocycles. The van der Waals surface area contributed by atoms with E-state index in [1.165, 1.54) is 16.7 Å². The molecule has 0 aliphatic rings. The van der Waals surface area contributed by atoms with Crippen LogP contribution < -0.4 is 0 Å². The maximum atomic E-state index is 4.93. The molecule has 1 heterocycles. The van der Waals surface area contributed by atoms with E-state index in [9.17, 15) is 0 Å². The summed E-state index contributed by atoms with van der Waals surface area (Å²) in [4.78, 5) is 4.93. The van der Waals surface area contributed by atoms with E-state index in [1.54, 1.807) is 0 Å². The zero-order valence-electron chi connectivity index (χ0n) is 15.0. The fourth-order valence-electron chi connectivity index (χ4n) is 2.86. The van der Waals surface area contributed by atoms with Gasteiger partial charge in [0.1, 0.15) is 0 Å². The molecule has 0 radical (unpaired) electrons. The molecule has 0 bridgehead atoms. The Hall–Kier alpha value is -2.93. The van der Waals surface area contributed by atoms with Crippen molar-refractivity contribution in [2.75, 3.05) is 0 Å². The third-order valence-corrected chi connectivity index (χ3v) is 4.23. The van der Waals surface area contributed by atoms with Crippen LogP contribution in [-0.4, -0.2) is 4.98 Å². The minimum absolute atomic E-state index is 0.998. The van der Waals surface area contributed by atoms with Gasteiger partial charge in [0.15, 0.2) is 0 Å². The molecule has 0 spiro atoms. The van der Waals surface area contributed by atoms with Crippen LogP contribution in [0.2, 0.25) is 0 Å². The van der Waals surface area contributed by atoms with E-state index in [1.807, 2.05) is 13.0 Å². The lowest BCUT2D eigenvalue weighted by Crippen LogP contribution is -1.93. The molecule has 0 saturated heterocycles. The van der Waals surface area contributed by atoms with Crippen molar-refractivity contribution < 1.29 is 0 Å². The predicted molar refractivity (Wildman–Crippen MR) is 108 cm³/mol. The summed E-state index contributed by atoms with van der Waals surface area (Å²) in [6.07, 6.45) is 6.36. The summed E-state index contributed by atoms with van der Waals surface area (Å²) in [6, 6.07) is 23.2. The molecule has 1 nitrogen and oxygen atoms in total. The van der Waals surface area contributed by atoms with Crippen molar-refractivity contribution >= 4 is 5.57 Å². The SMILES string of the molecule is C/C=C\C(=C/C)c1cc(-c2ccccc2)nc(-c2ccc(C)cc2)c1. The van der Waals surface area contributed by atoms with Gasteiger partial charge in [0, 0.05) is 11.1 Å². The number of aryl methyl sites for hydroxylation is 1. The lowest BCUT2D eigenvalue weighted by Gasteiger charge is -2.11. The number of aromatic nitrogens is 1. The Morgan fingerprint density at radius 2 is 1.40 bits per heavy atom. The smallest absolute Gasteiger partial charge is 0.0715 e. The zero-order chi connectivity index (χ0) is 17.6. The maximum Gasteiger partial charge on any atom is 0.0715 e. The zero-order valence-corrected chi connectivity index (χ0v) is 15.0. The Kier molecular flexibility index (Phi) is 5.25. The van der Waals surface area contributed by atoms with Crippen LogP contribution in [0.15, 0.2) is 85.0 Å². The van der Waals surface area contributed by atoms with Gasteiger partial charge in [-0.05, 0) is 44.0 Å². The quantitative estimate of drug-likeness (QED) is 0.486. The molecule has 2 aromatic carbocycles. The van der Waals surface area contributed by atoms with Crippen molar-refractivity contribution in [3.05, 3.63) is 96.1 Å². The van der Waals surface area contributed by atoms with Gasteiger partial charge in [0.25, 0.3) is 0 Å². The molecule has 0 aliphatic heterocycles. The van der Waals surface area contributed by atoms with Crippen molar-refractivity contribution in [3.63, 3.8) is 0 Å². The Morgan fingerprint density at radius 1 is 0.800 bits per heavy atom. The van der Waals surface area contributed by atoms with Gasteiger partial charge in [-0.1, -0.05) is 78.4 Å². The number of pyridine rings is 1. The van der Waals surface area contributed by atoms with Gasteiger partial charge in [-0.3, -0.25) is 0 Å². The molecule has 0 fully saturated rings. The molecule has 1 aromatic heterocycles. The summed E-state index contributed by atoms with van der Waals surface area (Å²) in [5.74, 6) is 0. The third-order valence-electron chi connectivity index (χ3n) is 4.23. The van der Waals surface area contributed by atoms with Crippen molar-refractivity contribution in [2.24, 2.45) is 0 Å². The topological polar surface area (TPSA) is 12.9 Å². The third kappa shape index (κ3) is 3.95. The highest BCUT2D eigenvalue weighted by molar-refractivity contribution is 5.79. The van der Waals surface area contributed by atoms with Gasteiger partial charge in [-0.25, -0.2) is 4.98 Å². The molecule has 25 heavy (non-hydrogen) atoms. The summed E-state index contributed by atoms with van der Waals surface area (Å²) in [7, 11) is 0. The summed E-state index contributed by atoms with van der Waals surface area (Å²) in [5.41, 5.74) is 7.92. The number of allylic oxidation sites excluding steroid dienone is 4. The minimum atomic E-state index is 0.998. The Labute approximate surface area is 150 Å². The molecule has 0 N–H and O–H groups in total. The molecule has 0 atom stereocenters. The Morgan fingerprint density at radius 3 is 1.96 bits per heavy atom. The molecule has 3 aromatic rings. The summed E-state index contributed by atoms with van der Waals surface area (Å²) in [5, 5.41) is 0. The van der Waals surface area contributed by atoms with E-state index in [-0.39, 0.29) is 0 Å². The van der Waals surface area contributed by atoms with Crippen LogP contribution in [0, 0.1) is 6.92 Å². The summed E-state index contributed by atoms with van der Waals surface area (Å²) >= 11 is 0. The standard InChI is InChI=1S/C24H23N/c1-4-9-19(5-2)22-16-23(20-10-7-6-8-11-20)25-24(17-22)21-14-12-18(3)13-15-21/h4-17H,1-3H3/b9-4-,19-5+. The van der Waals surface area contributed by atoms with Crippen LogP contribution in [0.25, 0.3) is 28.1 Å². The fourth-order valence-corrected chi connectivity index (χ4v) is 2.86. The molecular weight excluding hydrogens is 302 g/mol. The first-order valence-corrected chi connectivity index (χ1v) is 8.65. The molecule has 124 valence electrons. The van der Waals surface area contributed by atoms with Crippen LogP contribution in [0.3, 0.4) is 0 Å². The van der Waals surface area contributed by atoms with Gasteiger partial charge in [-0.2, -0.15) is 0 Å². The summed E-state index contributed by atoms with van der Waals surface area (Å²) < 4.78 is 0. The molecule has 1 heteroatoms. The van der Waals surface area contributed by atoms with Gasteiger partial charge in [0.05, 0.1) is 11.4 Å². The van der Waals surface area contributed by atoms with Crippen LogP contribution in [0.1, 0.15) is 25.0 Å². The Bertz CT molecular complexity index is 901. The van der Waals surface area contributed by atoms with Crippen molar-refractivity contribution in [3.8, 4) is 22.5 Å². The number of benzene rings is 2. The van der Waals surface area contributed by atoms with Crippen molar-refractivity contribution in [2.45, 2.75) is 20.8 Å². The van der Waals surface area contributed by atoms with E-state index in [2.05, 4.69) is 92.7 Å². The van der Waals surface area contributed by atoms with Crippen molar-refractivity contribution in [1.29, 1.82) is 0 Å². The van der Waals surface area contributed by atoms with E-state index < -0.39 is 0 Å². The Balaban J connectivity index is 2.19. The first-order valence-electron chi connectivity index (χ1n) is 8.65. The fraction of sp³-hybridized carbons (Fsp3) is 0.125. The highest BCUT2D eigenvalue weighted by Crippen LogP contribution is 2.28. The predicted octanol–water partition coefficient (Wildman–Crippen LogP) is 6.70. The second-order valence-corrected chi connectivity index (χ2v) is 6.10. The van der Waals surface area contributed by atoms with Gasteiger partial charge >= 0.3 is 0 Å². The van der Waals surface area contributed by atoms with Gasteiger partial charge in [0.2, 0.25) is 0 Å². The second kappa shape index (κ2) is 7.76. The normalized spacial score (nSPS) is 11.9. The van der Waals surface area contributed by atoms with Gasteiger partial charge < -0.3 is 0 Å². The van der Waals surface area contributed by atoms with Crippen LogP contribution in [0.5, 0.6) is 0 Å². The molecule has 3 rings (SSSR count). The van der Waals surface area contributed by atoms with Gasteiger partial charge in [-0.15, -0.1) is 0 Å². The average Bonchev–Trinajstić information content (AvgIpc) is 2.67. The van der Waals surface area contributed by atoms with E-state index in [4.69, 9.17) is 4.98 Å². The number of hydrogen-bond acceptors (Lipinski definition) is 1. The lowest BCUT2D eigenvalue weighted by atomic mass is 9.99.